The number of hydrogen-bond acceptors (Lipinski definition) is 3. The van der Waals surface area contributed by atoms with Crippen molar-refractivity contribution in [3.8, 4) is 0 Å². The molecule has 5 heteroatoms. The van der Waals surface area contributed by atoms with Crippen LogP contribution in [0.4, 0.5) is 0 Å². The maximum atomic E-state index is 12.7. The highest BCUT2D eigenvalue weighted by molar-refractivity contribution is 6.04. The van der Waals surface area contributed by atoms with Gasteiger partial charge in [0.15, 0.2) is 5.69 Å². The van der Waals surface area contributed by atoms with Crippen LogP contribution in [0.25, 0.3) is 10.9 Å². The summed E-state index contributed by atoms with van der Waals surface area (Å²) in [7, 11) is 1.88. The van der Waals surface area contributed by atoms with E-state index in [1.807, 2.05) is 36.2 Å². The minimum atomic E-state index is 0.0332. The third-order valence-corrected chi connectivity index (χ3v) is 4.71. The van der Waals surface area contributed by atoms with Gasteiger partial charge >= 0.3 is 0 Å². The first-order valence-corrected chi connectivity index (χ1v) is 7.45. The lowest BCUT2D eigenvalue weighted by Crippen LogP contribution is -2.44. The summed E-state index contributed by atoms with van der Waals surface area (Å²) in [5.74, 6) is 0.0332. The Balaban J connectivity index is 1.85. The number of carbonyl (C=O) groups excluding carboxylic acids is 1. The van der Waals surface area contributed by atoms with Gasteiger partial charge in [-0.05, 0) is 30.9 Å². The molecule has 0 radical (unpaired) electrons. The Kier molecular flexibility index (Phi) is 3.45. The highest BCUT2D eigenvalue weighted by Gasteiger charge is 2.32. The molecule has 1 aliphatic rings. The maximum absolute atomic E-state index is 12.7. The fourth-order valence-corrected chi connectivity index (χ4v) is 2.98. The Morgan fingerprint density at radius 3 is 2.67 bits per heavy atom. The van der Waals surface area contributed by atoms with Gasteiger partial charge in [0.05, 0.1) is 5.52 Å². The molecule has 2 heterocycles. The largest absolute Gasteiger partial charge is 0.337 e. The van der Waals surface area contributed by atoms with Gasteiger partial charge in [-0.15, -0.1) is 0 Å². The monoisotopic (exact) mass is 286 g/mol. The molecule has 5 nitrogen and oxygen atoms in total. The first-order chi connectivity index (χ1) is 10.0. The fraction of sp³-hybridized carbons (Fsp3) is 0.500. The predicted octanol–water partition coefficient (Wildman–Crippen LogP) is 1.77. The number of likely N-dealkylation sites (tertiary alicyclic amines) is 1. The van der Waals surface area contributed by atoms with Gasteiger partial charge in [-0.25, -0.2) is 0 Å². The van der Waals surface area contributed by atoms with Gasteiger partial charge in [-0.1, -0.05) is 25.1 Å². The molecule has 2 aromatic rings. The summed E-state index contributed by atoms with van der Waals surface area (Å²) in [6.45, 7) is 4.40. The highest BCUT2D eigenvalue weighted by atomic mass is 16.2. The Morgan fingerprint density at radius 2 is 2.00 bits per heavy atom. The zero-order valence-corrected chi connectivity index (χ0v) is 12.7. The van der Waals surface area contributed by atoms with Crippen LogP contribution < -0.4 is 5.73 Å². The van der Waals surface area contributed by atoms with Crippen molar-refractivity contribution in [2.45, 2.75) is 19.8 Å². The number of carbonyl (C=O) groups is 1. The van der Waals surface area contributed by atoms with Crippen molar-refractivity contribution in [2.24, 2.45) is 18.2 Å². The van der Waals surface area contributed by atoms with Gasteiger partial charge in [-0.2, -0.15) is 5.10 Å². The quantitative estimate of drug-likeness (QED) is 0.915. The lowest BCUT2D eigenvalue weighted by atomic mass is 9.80. The molecule has 3 rings (SSSR count). The first-order valence-electron chi connectivity index (χ1n) is 7.45. The number of amides is 1. The molecule has 0 bridgehead atoms. The van der Waals surface area contributed by atoms with Gasteiger partial charge < -0.3 is 10.6 Å². The molecule has 1 aromatic carbocycles. The van der Waals surface area contributed by atoms with Gasteiger partial charge in [0.2, 0.25) is 0 Å². The molecule has 0 saturated carbocycles. The third kappa shape index (κ3) is 2.42. The van der Waals surface area contributed by atoms with E-state index < -0.39 is 0 Å². The number of nitrogens with zero attached hydrogens (tertiary/aromatic N) is 3. The van der Waals surface area contributed by atoms with Crippen molar-refractivity contribution < 1.29 is 4.79 Å². The minimum Gasteiger partial charge on any atom is -0.337 e. The second kappa shape index (κ2) is 5.15. The van der Waals surface area contributed by atoms with E-state index in [0.717, 1.165) is 36.8 Å². The molecule has 112 valence electrons. The predicted molar refractivity (Wildman–Crippen MR) is 83.0 cm³/mol. The van der Waals surface area contributed by atoms with E-state index in [9.17, 15) is 4.79 Å². The van der Waals surface area contributed by atoms with Crippen LogP contribution in [0.2, 0.25) is 0 Å². The molecule has 0 atom stereocenters. The molecule has 0 aliphatic carbocycles. The summed E-state index contributed by atoms with van der Waals surface area (Å²) in [5.41, 5.74) is 7.55. The zero-order valence-electron chi connectivity index (χ0n) is 12.7. The molecule has 0 spiro atoms. The zero-order chi connectivity index (χ0) is 15.0. The van der Waals surface area contributed by atoms with Crippen LogP contribution >= 0.6 is 0 Å². The average molecular weight is 286 g/mol. The highest BCUT2D eigenvalue weighted by Crippen LogP contribution is 2.30. The van der Waals surface area contributed by atoms with E-state index in [0.29, 0.717) is 12.2 Å². The number of rotatable bonds is 2. The van der Waals surface area contributed by atoms with Crippen LogP contribution in [0.1, 0.15) is 30.3 Å². The molecule has 21 heavy (non-hydrogen) atoms. The molecule has 1 aliphatic heterocycles. The van der Waals surface area contributed by atoms with E-state index in [2.05, 4.69) is 12.0 Å². The van der Waals surface area contributed by atoms with Crippen molar-refractivity contribution >= 4 is 16.8 Å². The van der Waals surface area contributed by atoms with Crippen LogP contribution in [0.3, 0.4) is 0 Å². The first kappa shape index (κ1) is 14.1. The van der Waals surface area contributed by atoms with Crippen LogP contribution in [0.15, 0.2) is 24.3 Å². The Morgan fingerprint density at radius 1 is 1.33 bits per heavy atom. The SMILES string of the molecule is Cn1nc(C(=O)N2CCC(C)(CN)CC2)c2ccccc21. The standard InChI is InChI=1S/C16H22N4O/c1-16(11-17)7-9-20(10-8-16)15(21)14-12-5-3-4-6-13(12)19(2)18-14/h3-6H,7-11,17H2,1-2H3. The lowest BCUT2D eigenvalue weighted by Gasteiger charge is -2.38. The number of para-hydroxylation sites is 1. The number of aromatic nitrogens is 2. The molecule has 1 amide bonds. The van der Waals surface area contributed by atoms with Gasteiger partial charge in [0.25, 0.3) is 5.91 Å². The van der Waals surface area contributed by atoms with E-state index in [1.54, 1.807) is 4.68 Å². The molecule has 1 saturated heterocycles. The second-order valence-electron chi connectivity index (χ2n) is 6.30. The van der Waals surface area contributed by atoms with E-state index in [1.165, 1.54) is 0 Å². The molecule has 0 unspecified atom stereocenters. The molecule has 1 fully saturated rings. The van der Waals surface area contributed by atoms with Crippen LogP contribution in [-0.4, -0.2) is 40.2 Å². The number of fused-ring (bicyclic) bond motifs is 1. The number of aryl methyl sites for hydroxylation is 1. The van der Waals surface area contributed by atoms with Gasteiger partial charge in [0.1, 0.15) is 0 Å². The summed E-state index contributed by atoms with van der Waals surface area (Å²) in [6, 6.07) is 7.86. The minimum absolute atomic E-state index is 0.0332. The van der Waals surface area contributed by atoms with E-state index in [4.69, 9.17) is 5.73 Å². The van der Waals surface area contributed by atoms with Gasteiger partial charge in [-0.3, -0.25) is 9.48 Å². The lowest BCUT2D eigenvalue weighted by molar-refractivity contribution is 0.0613. The van der Waals surface area contributed by atoms with Crippen molar-refractivity contribution in [2.75, 3.05) is 19.6 Å². The summed E-state index contributed by atoms with van der Waals surface area (Å²) in [4.78, 5) is 14.7. The molecular formula is C16H22N4O. The Bertz CT molecular complexity index is 668. The summed E-state index contributed by atoms with van der Waals surface area (Å²) < 4.78 is 1.77. The van der Waals surface area contributed by atoms with Crippen molar-refractivity contribution in [3.05, 3.63) is 30.0 Å². The van der Waals surface area contributed by atoms with E-state index in [-0.39, 0.29) is 11.3 Å². The van der Waals surface area contributed by atoms with E-state index >= 15 is 0 Å². The molecule has 1 aromatic heterocycles. The van der Waals surface area contributed by atoms with Crippen molar-refractivity contribution in [3.63, 3.8) is 0 Å². The smallest absolute Gasteiger partial charge is 0.275 e. The van der Waals surface area contributed by atoms with Gasteiger partial charge in [0, 0.05) is 25.5 Å². The molecular weight excluding hydrogens is 264 g/mol. The third-order valence-electron chi connectivity index (χ3n) is 4.71. The maximum Gasteiger partial charge on any atom is 0.275 e. The number of hydrogen-bond donors (Lipinski definition) is 1. The number of nitrogens with two attached hydrogens (primary N) is 1. The fourth-order valence-electron chi connectivity index (χ4n) is 2.98. The number of piperidine rings is 1. The average Bonchev–Trinajstić information content (AvgIpc) is 2.85. The Labute approximate surface area is 124 Å². The molecule has 2 N–H and O–H groups in total. The summed E-state index contributed by atoms with van der Waals surface area (Å²) in [5, 5.41) is 5.35. The number of benzene rings is 1. The second-order valence-corrected chi connectivity index (χ2v) is 6.30. The van der Waals surface area contributed by atoms with Crippen molar-refractivity contribution in [1.82, 2.24) is 14.7 Å². The summed E-state index contributed by atoms with van der Waals surface area (Å²) in [6.07, 6.45) is 1.92. The van der Waals surface area contributed by atoms with Crippen LogP contribution in [0.5, 0.6) is 0 Å². The van der Waals surface area contributed by atoms with Crippen LogP contribution in [0, 0.1) is 5.41 Å². The normalized spacial score (nSPS) is 18.1. The Hall–Kier alpha value is -1.88. The van der Waals surface area contributed by atoms with Crippen molar-refractivity contribution in [1.29, 1.82) is 0 Å². The van der Waals surface area contributed by atoms with Crippen LogP contribution in [-0.2, 0) is 7.05 Å². The topological polar surface area (TPSA) is 64.2 Å². The summed E-state index contributed by atoms with van der Waals surface area (Å²) >= 11 is 0.